The zero-order valence-corrected chi connectivity index (χ0v) is 20.7. The zero-order chi connectivity index (χ0) is 23.2. The molecule has 34 heavy (non-hydrogen) atoms. The zero-order valence-electron chi connectivity index (χ0n) is 20.7. The second kappa shape index (κ2) is 8.86. The van der Waals surface area contributed by atoms with Crippen molar-refractivity contribution in [3.05, 3.63) is 59.5 Å². The van der Waals surface area contributed by atoms with Crippen LogP contribution in [-0.2, 0) is 4.74 Å². The lowest BCUT2D eigenvalue weighted by atomic mass is 9.86. The van der Waals surface area contributed by atoms with Gasteiger partial charge in [0.05, 0.1) is 5.69 Å². The lowest BCUT2D eigenvalue weighted by molar-refractivity contribution is 0.0252. The Morgan fingerprint density at radius 2 is 1.85 bits per heavy atom. The van der Waals surface area contributed by atoms with E-state index in [9.17, 15) is 0 Å². The summed E-state index contributed by atoms with van der Waals surface area (Å²) in [4.78, 5) is 11.0. The first kappa shape index (κ1) is 21.9. The van der Waals surface area contributed by atoms with E-state index >= 15 is 0 Å². The monoisotopic (exact) mass is 456 g/mol. The highest BCUT2D eigenvalue weighted by molar-refractivity contribution is 5.92. The number of nitrogens with one attached hydrogen (secondary N) is 1. The number of piperidine rings is 1. The molecule has 5 nitrogen and oxygen atoms in total. The Labute approximate surface area is 202 Å². The first-order chi connectivity index (χ1) is 16.6. The molecule has 178 valence electrons. The second-order valence-corrected chi connectivity index (χ2v) is 10.6. The topological polar surface area (TPSA) is 45.6 Å². The molecular formula is C29H36N4O. The number of likely N-dealkylation sites (tertiary alicyclic amines) is 1. The Morgan fingerprint density at radius 1 is 1.06 bits per heavy atom. The highest BCUT2D eigenvalue weighted by Gasteiger charge is 2.27. The third kappa shape index (κ3) is 3.85. The number of aryl methyl sites for hydroxylation is 1. The third-order valence-corrected chi connectivity index (χ3v) is 8.11. The number of imidazole rings is 1. The molecule has 3 aromatic heterocycles. The van der Waals surface area contributed by atoms with Crippen molar-refractivity contribution in [1.29, 1.82) is 0 Å². The third-order valence-electron chi connectivity index (χ3n) is 8.11. The van der Waals surface area contributed by atoms with Crippen LogP contribution in [-0.4, -0.2) is 51.6 Å². The van der Waals surface area contributed by atoms with Crippen LogP contribution >= 0.6 is 0 Å². The second-order valence-electron chi connectivity index (χ2n) is 10.6. The van der Waals surface area contributed by atoms with E-state index in [-0.39, 0.29) is 0 Å². The van der Waals surface area contributed by atoms with E-state index in [0.717, 1.165) is 24.9 Å². The molecule has 2 aliphatic heterocycles. The molecule has 2 aliphatic rings. The molecule has 0 aliphatic carbocycles. The summed E-state index contributed by atoms with van der Waals surface area (Å²) >= 11 is 0. The molecule has 1 aromatic carbocycles. The van der Waals surface area contributed by atoms with Crippen molar-refractivity contribution in [3.63, 3.8) is 0 Å². The molecule has 0 unspecified atom stereocenters. The average Bonchev–Trinajstić information content (AvgIpc) is 3.49. The number of aromatic amines is 1. The first-order valence-electron chi connectivity index (χ1n) is 13.0. The highest BCUT2D eigenvalue weighted by atomic mass is 16.5. The smallest absolute Gasteiger partial charge is 0.139 e. The van der Waals surface area contributed by atoms with E-state index in [1.54, 1.807) is 0 Å². The van der Waals surface area contributed by atoms with E-state index < -0.39 is 0 Å². The fourth-order valence-electron chi connectivity index (χ4n) is 6.30. The molecule has 0 atom stereocenters. The summed E-state index contributed by atoms with van der Waals surface area (Å²) in [7, 11) is 0. The highest BCUT2D eigenvalue weighted by Crippen LogP contribution is 2.39. The number of rotatable bonds is 4. The number of pyridine rings is 1. The number of fused-ring (bicyclic) bond motifs is 2. The number of H-pyrrole nitrogens is 1. The van der Waals surface area contributed by atoms with Crippen molar-refractivity contribution in [1.82, 2.24) is 19.3 Å². The van der Waals surface area contributed by atoms with Gasteiger partial charge in [0.15, 0.2) is 0 Å². The van der Waals surface area contributed by atoms with Crippen molar-refractivity contribution in [2.75, 3.05) is 26.3 Å². The molecule has 5 heteroatoms. The van der Waals surface area contributed by atoms with Gasteiger partial charge in [0.1, 0.15) is 5.65 Å². The summed E-state index contributed by atoms with van der Waals surface area (Å²) in [5.41, 5.74) is 8.88. The van der Waals surface area contributed by atoms with Crippen LogP contribution in [0.2, 0.25) is 0 Å². The Morgan fingerprint density at radius 3 is 2.62 bits per heavy atom. The number of benzene rings is 1. The molecule has 0 saturated carbocycles. The lowest BCUT2D eigenvalue weighted by Crippen LogP contribution is -2.43. The van der Waals surface area contributed by atoms with Crippen LogP contribution in [0.15, 0.2) is 42.9 Å². The van der Waals surface area contributed by atoms with E-state index in [1.807, 2.05) is 12.4 Å². The van der Waals surface area contributed by atoms with Crippen LogP contribution in [0.4, 0.5) is 0 Å². The van der Waals surface area contributed by atoms with Gasteiger partial charge in [-0.2, -0.15) is 0 Å². The fraction of sp³-hybridized carbons (Fsp3) is 0.483. The van der Waals surface area contributed by atoms with Gasteiger partial charge < -0.3 is 19.0 Å². The molecule has 6 rings (SSSR count). The Bertz CT molecular complexity index is 1300. The minimum Gasteiger partial charge on any atom is -0.381 e. The van der Waals surface area contributed by atoms with Crippen LogP contribution in [0.5, 0.6) is 0 Å². The van der Waals surface area contributed by atoms with E-state index in [1.165, 1.54) is 77.6 Å². The van der Waals surface area contributed by atoms with Crippen molar-refractivity contribution in [3.8, 4) is 11.3 Å². The number of nitrogens with zero attached hydrogens (tertiary/aromatic N) is 3. The summed E-state index contributed by atoms with van der Waals surface area (Å²) in [5.74, 6) is 1.09. The summed E-state index contributed by atoms with van der Waals surface area (Å²) in [6.07, 6.45) is 11.0. The molecule has 0 bridgehead atoms. The number of ether oxygens (including phenoxy) is 1. The molecule has 0 spiro atoms. The molecule has 5 heterocycles. The normalized spacial score (nSPS) is 19.1. The number of hydrogen-bond donors (Lipinski definition) is 1. The Kier molecular flexibility index (Phi) is 5.70. The van der Waals surface area contributed by atoms with Gasteiger partial charge in [0, 0.05) is 54.3 Å². The van der Waals surface area contributed by atoms with E-state index in [0.29, 0.717) is 11.8 Å². The van der Waals surface area contributed by atoms with Gasteiger partial charge in [0.2, 0.25) is 0 Å². The van der Waals surface area contributed by atoms with Crippen LogP contribution in [0.3, 0.4) is 0 Å². The number of hydrogen-bond acceptors (Lipinski definition) is 3. The van der Waals surface area contributed by atoms with E-state index in [2.05, 4.69) is 70.5 Å². The molecule has 1 N–H and O–H groups in total. The largest absolute Gasteiger partial charge is 0.381 e. The summed E-state index contributed by atoms with van der Waals surface area (Å²) in [5, 5.41) is 1.39. The van der Waals surface area contributed by atoms with Gasteiger partial charge in [0.25, 0.3) is 0 Å². The van der Waals surface area contributed by atoms with Crippen molar-refractivity contribution in [2.45, 2.75) is 64.3 Å². The van der Waals surface area contributed by atoms with Gasteiger partial charge >= 0.3 is 0 Å². The summed E-state index contributed by atoms with van der Waals surface area (Å²) < 4.78 is 7.71. The summed E-state index contributed by atoms with van der Waals surface area (Å²) in [6.45, 7) is 11.1. The van der Waals surface area contributed by atoms with Crippen molar-refractivity contribution in [2.24, 2.45) is 0 Å². The molecule has 2 fully saturated rings. The SMILES string of the molecule is Cc1cc(-c2[nH]c3ccc(C4CCN(C5CCOCC5)CC4)cc3c2C(C)C)cn2ccnc12. The number of aromatic nitrogens is 3. The van der Waals surface area contributed by atoms with Crippen LogP contribution in [0, 0.1) is 6.92 Å². The molecule has 0 radical (unpaired) electrons. The van der Waals surface area contributed by atoms with Crippen LogP contribution in [0.1, 0.15) is 68.1 Å². The van der Waals surface area contributed by atoms with Gasteiger partial charge in [-0.05, 0) is 92.4 Å². The van der Waals surface area contributed by atoms with Gasteiger partial charge in [-0.3, -0.25) is 0 Å². The molecule has 2 saturated heterocycles. The fourth-order valence-corrected chi connectivity index (χ4v) is 6.30. The predicted molar refractivity (Wildman–Crippen MR) is 139 cm³/mol. The minimum absolute atomic E-state index is 0.438. The maximum atomic E-state index is 5.58. The van der Waals surface area contributed by atoms with Crippen molar-refractivity contribution < 1.29 is 4.74 Å². The summed E-state index contributed by atoms with van der Waals surface area (Å²) in [6, 6.07) is 10.2. The standard InChI is InChI=1S/C29H36N4O/c1-19(2)27-25-17-22(21-6-11-32(12-7-21)24-8-14-34-15-9-24)4-5-26(25)31-28(27)23-16-20(3)29-30-10-13-33(29)18-23/h4-5,10,13,16-19,21,24,31H,6-9,11-12,14-15H2,1-3H3. The van der Waals surface area contributed by atoms with Gasteiger partial charge in [-0.25, -0.2) is 4.98 Å². The van der Waals surface area contributed by atoms with E-state index in [4.69, 9.17) is 4.74 Å². The molecule has 4 aromatic rings. The Balaban J connectivity index is 1.32. The quantitative estimate of drug-likeness (QED) is 0.393. The maximum absolute atomic E-state index is 5.58. The minimum atomic E-state index is 0.438. The Hall–Kier alpha value is -2.63. The lowest BCUT2D eigenvalue weighted by Gasteiger charge is -2.39. The van der Waals surface area contributed by atoms with Crippen LogP contribution in [0.25, 0.3) is 27.8 Å². The first-order valence-corrected chi connectivity index (χ1v) is 13.0. The molecule has 0 amide bonds. The van der Waals surface area contributed by atoms with Crippen LogP contribution < -0.4 is 0 Å². The van der Waals surface area contributed by atoms with Crippen molar-refractivity contribution >= 4 is 16.6 Å². The van der Waals surface area contributed by atoms with Gasteiger partial charge in [-0.1, -0.05) is 19.9 Å². The average molecular weight is 457 g/mol. The maximum Gasteiger partial charge on any atom is 0.139 e. The van der Waals surface area contributed by atoms with Gasteiger partial charge in [-0.15, -0.1) is 0 Å². The predicted octanol–water partition coefficient (Wildman–Crippen LogP) is 6.27. The molecular weight excluding hydrogens is 420 g/mol.